The molecular weight excluding hydrogens is 369 g/mol. The molecule has 0 bridgehead atoms. The molecule has 1 fully saturated rings. The van der Waals surface area contributed by atoms with Crippen LogP contribution in [0, 0.1) is 5.82 Å². The van der Waals surface area contributed by atoms with Crippen molar-refractivity contribution >= 4 is 11.8 Å². The summed E-state index contributed by atoms with van der Waals surface area (Å²) >= 11 is 0. The van der Waals surface area contributed by atoms with Crippen molar-refractivity contribution in [3.05, 3.63) is 72.0 Å². The quantitative estimate of drug-likeness (QED) is 0.602. The lowest BCUT2D eigenvalue weighted by molar-refractivity contribution is -0.127. The third-order valence-electron chi connectivity index (χ3n) is 5.12. The summed E-state index contributed by atoms with van der Waals surface area (Å²) in [4.78, 5) is 27.4. The van der Waals surface area contributed by atoms with Crippen molar-refractivity contribution < 1.29 is 14.0 Å². The Labute approximate surface area is 168 Å². The third-order valence-corrected chi connectivity index (χ3v) is 5.12. The second-order valence-corrected chi connectivity index (χ2v) is 7.16. The maximum Gasteiger partial charge on any atom is 0.242 e. The second-order valence-electron chi connectivity index (χ2n) is 7.16. The number of aromatic amines is 1. The van der Waals surface area contributed by atoms with Gasteiger partial charge in [-0.1, -0.05) is 30.3 Å². The largest absolute Gasteiger partial charge is 0.354 e. The van der Waals surface area contributed by atoms with Gasteiger partial charge in [-0.15, -0.1) is 0 Å². The summed E-state index contributed by atoms with van der Waals surface area (Å²) in [7, 11) is 0. The number of nitrogens with one attached hydrogen (secondary N) is 3. The molecule has 6 heteroatoms. The highest BCUT2D eigenvalue weighted by Gasteiger charge is 2.25. The van der Waals surface area contributed by atoms with Crippen LogP contribution >= 0.6 is 0 Å². The minimum atomic E-state index is -0.440. The van der Waals surface area contributed by atoms with Crippen LogP contribution in [-0.4, -0.2) is 29.4 Å². The molecule has 0 radical (unpaired) electrons. The predicted octanol–water partition coefficient (Wildman–Crippen LogP) is 3.43. The van der Waals surface area contributed by atoms with Gasteiger partial charge in [-0.2, -0.15) is 0 Å². The van der Waals surface area contributed by atoms with Crippen molar-refractivity contribution in [2.45, 2.75) is 25.3 Å². The van der Waals surface area contributed by atoms with Gasteiger partial charge in [-0.05, 0) is 59.9 Å². The number of carbonyl (C=O) groups is 2. The van der Waals surface area contributed by atoms with Crippen LogP contribution in [0.2, 0.25) is 0 Å². The molecule has 1 saturated heterocycles. The fourth-order valence-electron chi connectivity index (χ4n) is 3.59. The summed E-state index contributed by atoms with van der Waals surface area (Å²) in [5.74, 6) is -0.572. The third kappa shape index (κ3) is 4.37. The van der Waals surface area contributed by atoms with Gasteiger partial charge in [0.05, 0.1) is 0 Å². The zero-order chi connectivity index (χ0) is 20.2. The number of hydrogen-bond donors (Lipinski definition) is 3. The zero-order valence-corrected chi connectivity index (χ0v) is 15.9. The monoisotopic (exact) mass is 391 g/mol. The molecule has 1 aromatic heterocycles. The highest BCUT2D eigenvalue weighted by molar-refractivity contribution is 5.89. The molecule has 1 atom stereocenters. The maximum absolute atomic E-state index is 13.4. The molecule has 0 aliphatic carbocycles. The molecule has 2 amide bonds. The first-order valence-electron chi connectivity index (χ1n) is 9.70. The summed E-state index contributed by atoms with van der Waals surface area (Å²) in [5, 5.41) is 5.51. The van der Waals surface area contributed by atoms with E-state index in [0.717, 1.165) is 28.1 Å². The number of rotatable bonds is 6. The van der Waals surface area contributed by atoms with Crippen LogP contribution in [0.5, 0.6) is 0 Å². The van der Waals surface area contributed by atoms with Gasteiger partial charge < -0.3 is 15.6 Å². The highest BCUT2D eigenvalue weighted by Crippen LogP contribution is 2.30. The minimum Gasteiger partial charge on any atom is -0.354 e. The van der Waals surface area contributed by atoms with E-state index in [-0.39, 0.29) is 24.1 Å². The molecule has 1 aliphatic heterocycles. The summed E-state index contributed by atoms with van der Waals surface area (Å²) in [5.41, 5.74) is 4.68. The number of benzene rings is 2. The number of halogens is 1. The number of aromatic nitrogens is 1. The molecule has 2 aromatic carbocycles. The lowest BCUT2D eigenvalue weighted by Crippen LogP contribution is -2.40. The first-order valence-corrected chi connectivity index (χ1v) is 9.70. The first kappa shape index (κ1) is 18.9. The average molecular weight is 391 g/mol. The van der Waals surface area contributed by atoms with Crippen molar-refractivity contribution in [1.82, 2.24) is 15.6 Å². The molecule has 29 heavy (non-hydrogen) atoms. The molecule has 0 saturated carbocycles. The van der Waals surface area contributed by atoms with Crippen molar-refractivity contribution in [3.63, 3.8) is 0 Å². The molecule has 2 heterocycles. The molecule has 5 nitrogen and oxygen atoms in total. The van der Waals surface area contributed by atoms with Gasteiger partial charge in [-0.3, -0.25) is 9.59 Å². The van der Waals surface area contributed by atoms with Gasteiger partial charge in [0.25, 0.3) is 0 Å². The topological polar surface area (TPSA) is 74.0 Å². The van der Waals surface area contributed by atoms with Crippen LogP contribution in [-0.2, 0) is 16.0 Å². The normalized spacial score (nSPS) is 15.9. The lowest BCUT2D eigenvalue weighted by atomic mass is 10.0. The number of aryl methyl sites for hydroxylation is 1. The van der Waals surface area contributed by atoms with Crippen molar-refractivity contribution in [1.29, 1.82) is 0 Å². The van der Waals surface area contributed by atoms with Crippen molar-refractivity contribution in [3.8, 4) is 22.5 Å². The fraction of sp³-hybridized carbons (Fsp3) is 0.217. The summed E-state index contributed by atoms with van der Waals surface area (Å²) in [6, 6.07) is 17.8. The van der Waals surface area contributed by atoms with Crippen molar-refractivity contribution in [2.24, 2.45) is 0 Å². The molecule has 0 spiro atoms. The number of hydrogen-bond acceptors (Lipinski definition) is 2. The molecule has 1 aliphatic rings. The van der Waals surface area contributed by atoms with Gasteiger partial charge in [-0.25, -0.2) is 4.39 Å². The lowest BCUT2D eigenvalue weighted by Gasteiger charge is -2.10. The minimum absolute atomic E-state index is 0.127. The Kier molecular flexibility index (Phi) is 5.42. The predicted molar refractivity (Wildman–Crippen MR) is 110 cm³/mol. The maximum atomic E-state index is 13.4. The molecule has 3 N–H and O–H groups in total. The van der Waals surface area contributed by atoms with E-state index in [1.54, 1.807) is 12.1 Å². The molecular formula is C23H22FN3O2. The van der Waals surface area contributed by atoms with E-state index in [1.807, 2.05) is 36.4 Å². The van der Waals surface area contributed by atoms with Gasteiger partial charge in [0, 0.05) is 24.4 Å². The van der Waals surface area contributed by atoms with E-state index >= 15 is 0 Å². The molecule has 148 valence electrons. The molecule has 4 rings (SSSR count). The van der Waals surface area contributed by atoms with E-state index in [2.05, 4.69) is 15.6 Å². The fourth-order valence-corrected chi connectivity index (χ4v) is 3.59. The molecule has 1 unspecified atom stereocenters. The standard InChI is InChI=1S/C23H22FN3O2/c24-18-9-6-16(7-10-18)22-17(14-20(27-22)15-4-2-1-3-5-15)8-11-21(28)26-19-12-13-25-23(19)29/h1-7,9-10,14,19,27H,8,11-13H2,(H,25,29)(H,26,28). The van der Waals surface area contributed by atoms with E-state index in [0.29, 0.717) is 19.4 Å². The van der Waals surface area contributed by atoms with Crippen LogP contribution in [0.3, 0.4) is 0 Å². The summed E-state index contributed by atoms with van der Waals surface area (Å²) in [6.07, 6.45) is 1.40. The van der Waals surface area contributed by atoms with E-state index in [4.69, 9.17) is 0 Å². The summed E-state index contributed by atoms with van der Waals surface area (Å²) in [6.45, 7) is 0.594. The Balaban J connectivity index is 1.55. The number of carbonyl (C=O) groups excluding carboxylic acids is 2. The van der Waals surface area contributed by atoms with Gasteiger partial charge >= 0.3 is 0 Å². The van der Waals surface area contributed by atoms with Gasteiger partial charge in [0.1, 0.15) is 11.9 Å². The number of H-pyrrole nitrogens is 1. The van der Waals surface area contributed by atoms with E-state index in [1.165, 1.54) is 12.1 Å². The average Bonchev–Trinajstić information content (AvgIpc) is 3.34. The van der Waals surface area contributed by atoms with Gasteiger partial charge in [0.15, 0.2) is 0 Å². The van der Waals surface area contributed by atoms with Crippen molar-refractivity contribution in [2.75, 3.05) is 6.54 Å². The first-order chi connectivity index (χ1) is 14.1. The Bertz CT molecular complexity index is 1010. The van der Waals surface area contributed by atoms with Crippen LogP contribution in [0.1, 0.15) is 18.4 Å². The van der Waals surface area contributed by atoms with Crippen LogP contribution < -0.4 is 10.6 Å². The van der Waals surface area contributed by atoms with Crippen LogP contribution in [0.4, 0.5) is 4.39 Å². The highest BCUT2D eigenvalue weighted by atomic mass is 19.1. The smallest absolute Gasteiger partial charge is 0.242 e. The van der Waals surface area contributed by atoms with Crippen LogP contribution in [0.25, 0.3) is 22.5 Å². The van der Waals surface area contributed by atoms with E-state index in [9.17, 15) is 14.0 Å². The Morgan fingerprint density at radius 1 is 1.07 bits per heavy atom. The van der Waals surface area contributed by atoms with Crippen LogP contribution in [0.15, 0.2) is 60.7 Å². The Morgan fingerprint density at radius 3 is 2.52 bits per heavy atom. The Hall–Kier alpha value is -3.41. The second kappa shape index (κ2) is 8.31. The SMILES string of the molecule is O=C(CCc1cc(-c2ccccc2)[nH]c1-c1ccc(F)cc1)NC1CCNC1=O. The number of amides is 2. The zero-order valence-electron chi connectivity index (χ0n) is 15.9. The Morgan fingerprint density at radius 2 is 1.83 bits per heavy atom. The van der Waals surface area contributed by atoms with Gasteiger partial charge in [0.2, 0.25) is 11.8 Å². The molecule has 3 aromatic rings. The summed E-state index contributed by atoms with van der Waals surface area (Å²) < 4.78 is 13.4. The van der Waals surface area contributed by atoms with E-state index < -0.39 is 6.04 Å².